The van der Waals surface area contributed by atoms with Crippen molar-refractivity contribution in [2.24, 2.45) is 0 Å². The van der Waals surface area contributed by atoms with Gasteiger partial charge in [-0.3, -0.25) is 0 Å². The molecule has 1 fully saturated rings. The van der Waals surface area contributed by atoms with Crippen LogP contribution >= 0.6 is 0 Å². The van der Waals surface area contributed by atoms with E-state index < -0.39 is 5.60 Å². The highest BCUT2D eigenvalue weighted by Gasteiger charge is 2.50. The van der Waals surface area contributed by atoms with Crippen molar-refractivity contribution in [2.45, 2.75) is 142 Å². The van der Waals surface area contributed by atoms with Crippen LogP contribution in [0.1, 0.15) is 126 Å². The van der Waals surface area contributed by atoms with Gasteiger partial charge in [0.1, 0.15) is 0 Å². The van der Waals surface area contributed by atoms with E-state index in [2.05, 4.69) is 47.5 Å². The van der Waals surface area contributed by atoms with Gasteiger partial charge < -0.3 is 14.4 Å². The van der Waals surface area contributed by atoms with Crippen molar-refractivity contribution in [3.8, 4) is 0 Å². The monoisotopic (exact) mass is 394 g/mol. The Kier molecular flexibility index (Phi) is 10.8. The van der Waals surface area contributed by atoms with Crippen LogP contribution in [-0.4, -0.2) is 29.0 Å². The number of hydrogen-bond donors (Lipinski definition) is 1. The maximum Gasteiger partial charge on any atom is 0.487 e. The Morgan fingerprint density at radius 1 is 0.821 bits per heavy atom. The summed E-state index contributed by atoms with van der Waals surface area (Å²) in [6.07, 6.45) is 14.0. The molecule has 1 unspecified atom stereocenters. The molecule has 1 N–H and O–H groups in total. The zero-order chi connectivity index (χ0) is 21.3. The molecule has 0 aromatic rings. The second-order valence-corrected chi connectivity index (χ2v) is 9.92. The van der Waals surface area contributed by atoms with Crippen LogP contribution < -0.4 is 0 Å². The molecule has 28 heavy (non-hydrogen) atoms. The summed E-state index contributed by atoms with van der Waals surface area (Å²) in [5.41, 5.74) is -0.363. The first kappa shape index (κ1) is 25.7. The maximum absolute atomic E-state index is 11.3. The van der Waals surface area contributed by atoms with E-state index in [4.69, 9.17) is 9.31 Å². The highest BCUT2D eigenvalue weighted by Crippen LogP contribution is 2.38. The fraction of sp³-hybridized carbons (Fsp3) is 0.917. The summed E-state index contributed by atoms with van der Waals surface area (Å²) >= 11 is 0. The first-order valence-corrected chi connectivity index (χ1v) is 11.8. The molecule has 0 aliphatic carbocycles. The van der Waals surface area contributed by atoms with Crippen LogP contribution in [0, 0.1) is 0 Å². The Bertz CT molecular complexity index is 452. The summed E-state index contributed by atoms with van der Waals surface area (Å²) in [6.45, 7) is 14.8. The molecular weight excluding hydrogens is 347 g/mol. The molecule has 164 valence electrons. The van der Waals surface area contributed by atoms with E-state index in [1.807, 2.05) is 6.92 Å². The smallest absolute Gasteiger partial charge is 0.400 e. The van der Waals surface area contributed by atoms with Crippen molar-refractivity contribution in [2.75, 3.05) is 0 Å². The van der Waals surface area contributed by atoms with Crippen LogP contribution in [0.3, 0.4) is 0 Å². The topological polar surface area (TPSA) is 38.7 Å². The van der Waals surface area contributed by atoms with Crippen molar-refractivity contribution < 1.29 is 14.4 Å². The zero-order valence-electron chi connectivity index (χ0n) is 19.9. The molecular formula is C24H47BO3. The first-order valence-electron chi connectivity index (χ1n) is 11.8. The number of unbranched alkanes of at least 4 members (excludes halogenated alkanes) is 8. The standard InChI is InChI=1S/C24H47BO3/c1-8-10-12-14-15-16-18-21(24(7,26)19-17-13-11-9-2)20-25-27-22(3,4)23(5,6)28-25/h20,26H,8-19H2,1-7H3. The van der Waals surface area contributed by atoms with E-state index in [9.17, 15) is 5.11 Å². The normalized spacial score (nSPS) is 21.1. The molecule has 1 rings (SSSR count). The first-order chi connectivity index (χ1) is 13.1. The summed E-state index contributed by atoms with van der Waals surface area (Å²) in [4.78, 5) is 0. The average Bonchev–Trinajstić information content (AvgIpc) is 2.80. The van der Waals surface area contributed by atoms with E-state index >= 15 is 0 Å². The van der Waals surface area contributed by atoms with Crippen molar-refractivity contribution >= 4 is 7.12 Å². The lowest BCUT2D eigenvalue weighted by Crippen LogP contribution is -2.41. The molecule has 1 atom stereocenters. The molecule has 4 heteroatoms. The summed E-state index contributed by atoms with van der Waals surface area (Å²) in [5.74, 6) is 2.07. The Morgan fingerprint density at radius 2 is 1.29 bits per heavy atom. The highest BCUT2D eigenvalue weighted by atomic mass is 16.7. The van der Waals surface area contributed by atoms with Crippen LogP contribution in [0.15, 0.2) is 11.5 Å². The molecule has 0 bridgehead atoms. The largest absolute Gasteiger partial charge is 0.487 e. The molecule has 3 nitrogen and oxygen atoms in total. The Hall–Kier alpha value is -0.315. The lowest BCUT2D eigenvalue weighted by molar-refractivity contribution is 0.00578. The second-order valence-electron chi connectivity index (χ2n) is 9.92. The molecule has 0 amide bonds. The molecule has 1 heterocycles. The predicted molar refractivity (Wildman–Crippen MR) is 122 cm³/mol. The van der Waals surface area contributed by atoms with Crippen LogP contribution in [0.2, 0.25) is 0 Å². The van der Waals surface area contributed by atoms with Crippen LogP contribution in [0.5, 0.6) is 0 Å². The number of aliphatic hydroxyl groups is 1. The van der Waals surface area contributed by atoms with Crippen molar-refractivity contribution in [3.63, 3.8) is 0 Å². The lowest BCUT2D eigenvalue weighted by Gasteiger charge is -2.32. The minimum Gasteiger partial charge on any atom is -0.400 e. The van der Waals surface area contributed by atoms with Gasteiger partial charge in [-0.25, -0.2) is 0 Å². The fourth-order valence-electron chi connectivity index (χ4n) is 3.81. The van der Waals surface area contributed by atoms with Crippen molar-refractivity contribution in [3.05, 3.63) is 11.5 Å². The Balaban J connectivity index is 2.76. The third-order valence-electron chi connectivity index (χ3n) is 6.62. The fourth-order valence-corrected chi connectivity index (χ4v) is 3.81. The zero-order valence-corrected chi connectivity index (χ0v) is 19.9. The molecule has 1 aliphatic rings. The van der Waals surface area contributed by atoms with Crippen LogP contribution in [0.4, 0.5) is 0 Å². The second kappa shape index (κ2) is 11.8. The molecule has 0 saturated carbocycles. The van der Waals surface area contributed by atoms with Crippen LogP contribution in [0.25, 0.3) is 0 Å². The van der Waals surface area contributed by atoms with E-state index in [0.29, 0.717) is 0 Å². The van der Waals surface area contributed by atoms with Gasteiger partial charge in [0.25, 0.3) is 0 Å². The van der Waals surface area contributed by atoms with Crippen molar-refractivity contribution in [1.82, 2.24) is 0 Å². The summed E-state index contributed by atoms with van der Waals surface area (Å²) < 4.78 is 12.4. The molecule has 1 saturated heterocycles. The van der Waals surface area contributed by atoms with Crippen LogP contribution in [-0.2, 0) is 9.31 Å². The predicted octanol–water partition coefficient (Wildman–Crippen LogP) is 7.02. The van der Waals surface area contributed by atoms with Crippen molar-refractivity contribution in [1.29, 1.82) is 0 Å². The number of hydrogen-bond acceptors (Lipinski definition) is 3. The summed E-state index contributed by atoms with van der Waals surface area (Å²) in [5, 5.41) is 11.3. The minimum atomic E-state index is -0.777. The average molecular weight is 394 g/mol. The third kappa shape index (κ3) is 8.20. The maximum atomic E-state index is 11.3. The van der Waals surface area contributed by atoms with E-state index in [0.717, 1.165) is 31.3 Å². The van der Waals surface area contributed by atoms with Gasteiger partial charge in [0, 0.05) is 0 Å². The molecule has 0 spiro atoms. The van der Waals surface area contributed by atoms with Gasteiger partial charge in [0.05, 0.1) is 16.8 Å². The van der Waals surface area contributed by atoms with E-state index in [-0.39, 0.29) is 18.3 Å². The van der Waals surface area contributed by atoms with E-state index in [1.165, 1.54) is 51.4 Å². The summed E-state index contributed by atoms with van der Waals surface area (Å²) in [6, 6.07) is 0. The minimum absolute atomic E-state index is 0.341. The Labute approximate surface area is 175 Å². The molecule has 0 radical (unpaired) electrons. The van der Waals surface area contributed by atoms with Gasteiger partial charge in [0.2, 0.25) is 0 Å². The molecule has 0 aromatic carbocycles. The van der Waals surface area contributed by atoms with Gasteiger partial charge in [-0.2, -0.15) is 0 Å². The van der Waals surface area contributed by atoms with Gasteiger partial charge in [-0.05, 0) is 59.5 Å². The SMILES string of the molecule is CCCCCCCCC(=CB1OC(C)(C)C(C)(C)O1)C(C)(O)CCCCCC. The quantitative estimate of drug-likeness (QED) is 0.254. The highest BCUT2D eigenvalue weighted by molar-refractivity contribution is 6.51. The summed E-state index contributed by atoms with van der Waals surface area (Å²) in [7, 11) is -0.373. The van der Waals surface area contributed by atoms with Gasteiger partial charge in [0.15, 0.2) is 0 Å². The van der Waals surface area contributed by atoms with E-state index in [1.54, 1.807) is 0 Å². The molecule has 1 aliphatic heterocycles. The van der Waals surface area contributed by atoms with Gasteiger partial charge in [-0.1, -0.05) is 77.6 Å². The lowest BCUT2D eigenvalue weighted by atomic mass is 9.78. The van der Waals surface area contributed by atoms with Gasteiger partial charge in [-0.15, -0.1) is 0 Å². The Morgan fingerprint density at radius 3 is 1.82 bits per heavy atom. The molecule has 0 aromatic heterocycles. The third-order valence-corrected chi connectivity index (χ3v) is 6.62. The van der Waals surface area contributed by atoms with Gasteiger partial charge >= 0.3 is 7.12 Å². The number of rotatable bonds is 14.